The van der Waals surface area contributed by atoms with E-state index in [4.69, 9.17) is 14.2 Å². The van der Waals surface area contributed by atoms with Gasteiger partial charge in [-0.25, -0.2) is 0 Å². The molecule has 0 aromatic heterocycles. The lowest BCUT2D eigenvalue weighted by atomic mass is 9.99. The minimum atomic E-state index is -0.0815. The fourth-order valence-corrected chi connectivity index (χ4v) is 3.47. The second-order valence-corrected chi connectivity index (χ2v) is 6.92. The monoisotopic (exact) mass is 377 g/mol. The van der Waals surface area contributed by atoms with Crippen LogP contribution in [0.25, 0.3) is 6.08 Å². The number of rotatable bonds is 5. The molecule has 28 heavy (non-hydrogen) atoms. The van der Waals surface area contributed by atoms with Crippen molar-refractivity contribution in [1.82, 2.24) is 4.90 Å². The Labute approximate surface area is 164 Å². The number of benzene rings is 2. The summed E-state index contributed by atoms with van der Waals surface area (Å²) in [6.07, 6.45) is 5.52. The van der Waals surface area contributed by atoms with Crippen LogP contribution in [-0.4, -0.2) is 37.7 Å². The number of nitrogens with zero attached hydrogens (tertiary/aromatic N) is 1. The number of hydrogen-bond donors (Lipinski definition) is 0. The van der Waals surface area contributed by atoms with Gasteiger partial charge >= 0.3 is 0 Å². The summed E-state index contributed by atoms with van der Waals surface area (Å²) in [5.74, 6) is 1.68. The summed E-state index contributed by atoms with van der Waals surface area (Å²) in [4.78, 5) is 15.0. The van der Waals surface area contributed by atoms with E-state index in [1.807, 2.05) is 55.5 Å². The van der Waals surface area contributed by atoms with Crippen molar-refractivity contribution in [3.05, 3.63) is 76.6 Å². The van der Waals surface area contributed by atoms with Crippen LogP contribution in [0.5, 0.6) is 11.5 Å². The van der Waals surface area contributed by atoms with Crippen molar-refractivity contribution < 1.29 is 19.0 Å². The van der Waals surface area contributed by atoms with Gasteiger partial charge in [-0.3, -0.25) is 9.69 Å². The first-order chi connectivity index (χ1) is 13.7. The molecule has 5 nitrogen and oxygen atoms in total. The fourth-order valence-electron chi connectivity index (χ4n) is 3.47. The number of allylic oxidation sites excluding steroid dienone is 3. The van der Waals surface area contributed by atoms with E-state index in [0.29, 0.717) is 37.0 Å². The number of fused-ring (bicyclic) bond motifs is 3. The Hall–Kier alpha value is -2.89. The molecule has 0 spiro atoms. The van der Waals surface area contributed by atoms with E-state index in [-0.39, 0.29) is 5.78 Å². The Morgan fingerprint density at radius 2 is 2.07 bits per heavy atom. The normalized spacial score (nSPS) is 17.5. The number of Topliss-reactive ketones (excluding diaryl/α,β-unsaturated/α-hetero) is 1. The SMILES string of the molecule is COCCN1COc2cc(C)c3c(c2C1)O/C(=C\C=C\c1ccccc1)C3=O. The van der Waals surface area contributed by atoms with Gasteiger partial charge in [0.25, 0.3) is 0 Å². The summed E-state index contributed by atoms with van der Waals surface area (Å²) in [5, 5.41) is 0. The average molecular weight is 377 g/mol. The third-order valence-corrected chi connectivity index (χ3v) is 4.94. The molecule has 0 saturated heterocycles. The van der Waals surface area contributed by atoms with E-state index in [1.54, 1.807) is 13.2 Å². The zero-order valence-corrected chi connectivity index (χ0v) is 16.1. The Bertz CT molecular complexity index is 947. The average Bonchev–Trinajstić information content (AvgIpc) is 3.05. The van der Waals surface area contributed by atoms with Gasteiger partial charge in [-0.05, 0) is 30.2 Å². The Morgan fingerprint density at radius 1 is 1.25 bits per heavy atom. The van der Waals surface area contributed by atoms with Gasteiger partial charge in [0.2, 0.25) is 5.78 Å². The lowest BCUT2D eigenvalue weighted by Gasteiger charge is -2.29. The Kier molecular flexibility index (Phi) is 5.28. The van der Waals surface area contributed by atoms with Crippen LogP contribution in [0.4, 0.5) is 0 Å². The highest BCUT2D eigenvalue weighted by molar-refractivity contribution is 6.14. The van der Waals surface area contributed by atoms with Crippen molar-refractivity contribution in [3.63, 3.8) is 0 Å². The number of ketones is 1. The number of hydrogen-bond acceptors (Lipinski definition) is 5. The highest BCUT2D eigenvalue weighted by atomic mass is 16.5. The van der Waals surface area contributed by atoms with Crippen molar-refractivity contribution in [2.24, 2.45) is 0 Å². The molecular weight excluding hydrogens is 354 g/mol. The van der Waals surface area contributed by atoms with Crippen molar-refractivity contribution >= 4 is 11.9 Å². The second kappa shape index (κ2) is 8.00. The summed E-state index contributed by atoms with van der Waals surface area (Å²) in [6.45, 7) is 4.48. The van der Waals surface area contributed by atoms with E-state index in [2.05, 4.69) is 4.90 Å². The number of methoxy groups -OCH3 is 1. The van der Waals surface area contributed by atoms with E-state index in [9.17, 15) is 4.79 Å². The highest BCUT2D eigenvalue weighted by Crippen LogP contribution is 2.43. The molecule has 0 bridgehead atoms. The van der Waals surface area contributed by atoms with Crippen molar-refractivity contribution in [2.75, 3.05) is 27.0 Å². The molecule has 2 heterocycles. The second-order valence-electron chi connectivity index (χ2n) is 6.92. The quantitative estimate of drug-likeness (QED) is 0.738. The molecule has 0 aliphatic carbocycles. The first-order valence-electron chi connectivity index (χ1n) is 9.34. The number of carbonyl (C=O) groups is 1. The molecule has 0 amide bonds. The third-order valence-electron chi connectivity index (χ3n) is 4.94. The first kappa shape index (κ1) is 18.5. The molecule has 2 aromatic carbocycles. The molecule has 0 radical (unpaired) electrons. The van der Waals surface area contributed by atoms with Crippen LogP contribution in [0, 0.1) is 6.92 Å². The van der Waals surface area contributed by atoms with Crippen molar-refractivity contribution in [2.45, 2.75) is 13.5 Å². The largest absolute Gasteiger partial charge is 0.478 e. The molecule has 144 valence electrons. The zero-order chi connectivity index (χ0) is 19.5. The molecule has 0 N–H and O–H groups in total. The molecule has 0 fully saturated rings. The van der Waals surface area contributed by atoms with Gasteiger partial charge in [-0.1, -0.05) is 42.5 Å². The summed E-state index contributed by atoms with van der Waals surface area (Å²) in [7, 11) is 1.68. The summed E-state index contributed by atoms with van der Waals surface area (Å²) in [6, 6.07) is 11.9. The smallest absolute Gasteiger partial charge is 0.232 e. The third kappa shape index (κ3) is 3.59. The van der Waals surface area contributed by atoms with Crippen LogP contribution in [0.3, 0.4) is 0 Å². The van der Waals surface area contributed by atoms with Gasteiger partial charge in [-0.2, -0.15) is 0 Å². The molecule has 2 aliphatic rings. The molecule has 4 rings (SSSR count). The van der Waals surface area contributed by atoms with Crippen LogP contribution < -0.4 is 9.47 Å². The van der Waals surface area contributed by atoms with Gasteiger partial charge in [0.05, 0.1) is 17.7 Å². The Balaban J connectivity index is 1.60. The Morgan fingerprint density at radius 3 is 2.86 bits per heavy atom. The summed E-state index contributed by atoms with van der Waals surface area (Å²) < 4.78 is 17.1. The standard InChI is InChI=1S/C23H23NO4/c1-16-13-20-18(14-24(15-27-20)11-12-26-2)23-21(16)22(25)19(28-23)10-6-9-17-7-4-3-5-8-17/h3-10,13H,11-12,14-15H2,1-2H3/b9-6+,19-10-. The molecular formula is C23H23NO4. The van der Waals surface area contributed by atoms with Gasteiger partial charge in [0.15, 0.2) is 5.76 Å². The predicted molar refractivity (Wildman–Crippen MR) is 107 cm³/mol. The van der Waals surface area contributed by atoms with Crippen LogP contribution in [0.15, 0.2) is 54.3 Å². The lowest BCUT2D eigenvalue weighted by Crippen LogP contribution is -2.34. The molecule has 0 saturated carbocycles. The number of ether oxygens (including phenoxy) is 3. The first-order valence-corrected chi connectivity index (χ1v) is 9.34. The molecule has 0 unspecified atom stereocenters. The van der Waals surface area contributed by atoms with Crippen LogP contribution in [0.2, 0.25) is 0 Å². The van der Waals surface area contributed by atoms with Gasteiger partial charge in [-0.15, -0.1) is 0 Å². The fraction of sp³-hybridized carbons (Fsp3) is 0.261. The van der Waals surface area contributed by atoms with E-state index < -0.39 is 0 Å². The van der Waals surface area contributed by atoms with Crippen LogP contribution >= 0.6 is 0 Å². The lowest BCUT2D eigenvalue weighted by molar-refractivity contribution is 0.0646. The highest BCUT2D eigenvalue weighted by Gasteiger charge is 2.35. The number of carbonyl (C=O) groups excluding carboxylic acids is 1. The molecule has 2 aliphatic heterocycles. The van der Waals surface area contributed by atoms with E-state index >= 15 is 0 Å². The molecule has 5 heteroatoms. The van der Waals surface area contributed by atoms with Gasteiger partial charge in [0.1, 0.15) is 18.2 Å². The maximum atomic E-state index is 12.9. The van der Waals surface area contributed by atoms with Crippen molar-refractivity contribution in [3.8, 4) is 11.5 Å². The van der Waals surface area contributed by atoms with Crippen molar-refractivity contribution in [1.29, 1.82) is 0 Å². The zero-order valence-electron chi connectivity index (χ0n) is 16.1. The summed E-state index contributed by atoms with van der Waals surface area (Å²) in [5.41, 5.74) is 3.50. The topological polar surface area (TPSA) is 48.0 Å². The van der Waals surface area contributed by atoms with E-state index in [1.165, 1.54) is 0 Å². The molecule has 2 aromatic rings. The molecule has 0 atom stereocenters. The minimum Gasteiger partial charge on any atom is -0.478 e. The van der Waals surface area contributed by atoms with Gasteiger partial charge in [0, 0.05) is 20.2 Å². The van der Waals surface area contributed by atoms with E-state index in [0.717, 1.165) is 29.0 Å². The number of aryl methyl sites for hydroxylation is 1. The minimum absolute atomic E-state index is 0.0815. The van der Waals surface area contributed by atoms with Crippen LogP contribution in [-0.2, 0) is 11.3 Å². The predicted octanol–water partition coefficient (Wildman–Crippen LogP) is 3.97. The van der Waals surface area contributed by atoms with Gasteiger partial charge < -0.3 is 14.2 Å². The maximum absolute atomic E-state index is 12.9. The maximum Gasteiger partial charge on any atom is 0.232 e. The summed E-state index contributed by atoms with van der Waals surface area (Å²) >= 11 is 0. The van der Waals surface area contributed by atoms with Crippen LogP contribution in [0.1, 0.15) is 27.0 Å².